The lowest BCUT2D eigenvalue weighted by molar-refractivity contribution is 0.403. The maximum absolute atomic E-state index is 3.95. The number of aromatic nitrogens is 2. The maximum Gasteiger partial charge on any atom is 0.0518 e. The van der Waals surface area contributed by atoms with Crippen LogP contribution in [-0.2, 0) is 0 Å². The smallest absolute Gasteiger partial charge is 0.0518 e. The average molecular weight is 195 g/mol. The van der Waals surface area contributed by atoms with Crippen LogP contribution in [0.5, 0.6) is 0 Å². The van der Waals surface area contributed by atoms with Crippen molar-refractivity contribution >= 4 is 0 Å². The quantitative estimate of drug-likeness (QED) is 0.758. The number of hydrogen-bond donors (Lipinski definition) is 2. The van der Waals surface area contributed by atoms with Gasteiger partial charge in [-0.2, -0.15) is 5.10 Å². The average Bonchev–Trinajstić information content (AvgIpc) is 2.53. The van der Waals surface area contributed by atoms with Crippen LogP contribution in [0.15, 0.2) is 12.3 Å². The predicted octanol–water partition coefficient (Wildman–Crippen LogP) is 2.49. The largest absolute Gasteiger partial charge is 0.306 e. The van der Waals surface area contributed by atoms with Gasteiger partial charge in [-0.05, 0) is 32.3 Å². The Kier molecular flexibility index (Phi) is 4.14. The Labute approximate surface area is 86.3 Å². The van der Waals surface area contributed by atoms with E-state index in [4.69, 9.17) is 0 Å². The lowest BCUT2D eigenvalue weighted by atomic mass is 10.0. The molecule has 2 unspecified atom stereocenters. The number of aromatic amines is 1. The standard InChI is InChI=1S/C11H21N3/c1-8(2)7-9(3)13-10(4)11-5-6-12-14-11/h5-6,8-10,13H,7H2,1-4H3,(H,12,14). The van der Waals surface area contributed by atoms with Crippen LogP contribution in [0.1, 0.15) is 45.9 Å². The van der Waals surface area contributed by atoms with Crippen LogP contribution in [0.3, 0.4) is 0 Å². The first kappa shape index (κ1) is 11.2. The third-order valence-corrected chi connectivity index (χ3v) is 2.35. The van der Waals surface area contributed by atoms with Crippen LogP contribution in [-0.4, -0.2) is 16.2 Å². The molecule has 0 fully saturated rings. The van der Waals surface area contributed by atoms with Crippen LogP contribution >= 0.6 is 0 Å². The summed E-state index contributed by atoms with van der Waals surface area (Å²) in [5.41, 5.74) is 1.15. The van der Waals surface area contributed by atoms with Gasteiger partial charge < -0.3 is 5.32 Å². The summed E-state index contributed by atoms with van der Waals surface area (Å²) in [6, 6.07) is 2.92. The SMILES string of the molecule is CC(C)CC(C)NC(C)c1ccn[nH]1. The lowest BCUT2D eigenvalue weighted by Crippen LogP contribution is -2.30. The first-order valence-corrected chi connectivity index (χ1v) is 5.35. The van der Waals surface area contributed by atoms with Crippen molar-refractivity contribution in [1.29, 1.82) is 0 Å². The van der Waals surface area contributed by atoms with E-state index in [1.165, 1.54) is 6.42 Å². The number of rotatable bonds is 5. The van der Waals surface area contributed by atoms with E-state index in [9.17, 15) is 0 Å². The van der Waals surface area contributed by atoms with Crippen molar-refractivity contribution in [3.63, 3.8) is 0 Å². The van der Waals surface area contributed by atoms with E-state index >= 15 is 0 Å². The topological polar surface area (TPSA) is 40.7 Å². The second-order valence-corrected chi connectivity index (χ2v) is 4.43. The summed E-state index contributed by atoms with van der Waals surface area (Å²) in [4.78, 5) is 0. The summed E-state index contributed by atoms with van der Waals surface area (Å²) in [7, 11) is 0. The van der Waals surface area contributed by atoms with Gasteiger partial charge in [0.05, 0.1) is 5.69 Å². The molecule has 0 aliphatic carbocycles. The molecule has 1 aromatic rings. The second-order valence-electron chi connectivity index (χ2n) is 4.43. The zero-order valence-electron chi connectivity index (χ0n) is 9.54. The van der Waals surface area contributed by atoms with Crippen LogP contribution < -0.4 is 5.32 Å². The molecular formula is C11H21N3. The molecule has 1 rings (SSSR count). The highest BCUT2D eigenvalue weighted by molar-refractivity contribution is 5.03. The van der Waals surface area contributed by atoms with Crippen molar-refractivity contribution in [1.82, 2.24) is 15.5 Å². The van der Waals surface area contributed by atoms with Gasteiger partial charge in [-0.15, -0.1) is 0 Å². The van der Waals surface area contributed by atoms with Crippen molar-refractivity contribution < 1.29 is 0 Å². The number of hydrogen-bond acceptors (Lipinski definition) is 2. The molecule has 1 heterocycles. The molecule has 0 aromatic carbocycles. The Bertz CT molecular complexity index is 241. The Balaban J connectivity index is 2.37. The van der Waals surface area contributed by atoms with Gasteiger partial charge >= 0.3 is 0 Å². The lowest BCUT2D eigenvalue weighted by Gasteiger charge is -2.20. The summed E-state index contributed by atoms with van der Waals surface area (Å²) in [5, 5.41) is 10.5. The molecule has 80 valence electrons. The highest BCUT2D eigenvalue weighted by Gasteiger charge is 2.11. The molecule has 2 atom stereocenters. The predicted molar refractivity (Wildman–Crippen MR) is 59.1 cm³/mol. The first-order valence-electron chi connectivity index (χ1n) is 5.35. The van der Waals surface area contributed by atoms with E-state index in [1.807, 2.05) is 6.07 Å². The molecule has 0 bridgehead atoms. The van der Waals surface area contributed by atoms with Gasteiger partial charge in [-0.25, -0.2) is 0 Å². The molecule has 0 aliphatic heterocycles. The van der Waals surface area contributed by atoms with E-state index in [0.29, 0.717) is 12.1 Å². The third-order valence-electron chi connectivity index (χ3n) is 2.35. The van der Waals surface area contributed by atoms with Gasteiger partial charge in [-0.1, -0.05) is 13.8 Å². The molecule has 14 heavy (non-hydrogen) atoms. The summed E-state index contributed by atoms with van der Waals surface area (Å²) in [5.74, 6) is 0.742. The van der Waals surface area contributed by atoms with Crippen molar-refractivity contribution in [2.24, 2.45) is 5.92 Å². The van der Waals surface area contributed by atoms with Gasteiger partial charge in [0.15, 0.2) is 0 Å². The highest BCUT2D eigenvalue weighted by atomic mass is 15.1. The Morgan fingerprint density at radius 2 is 2.07 bits per heavy atom. The fraction of sp³-hybridized carbons (Fsp3) is 0.727. The van der Waals surface area contributed by atoms with Crippen LogP contribution in [0.2, 0.25) is 0 Å². The molecular weight excluding hydrogens is 174 g/mol. The summed E-state index contributed by atoms with van der Waals surface area (Å²) >= 11 is 0. The maximum atomic E-state index is 3.95. The Morgan fingerprint density at radius 1 is 1.36 bits per heavy atom. The van der Waals surface area contributed by atoms with E-state index in [0.717, 1.165) is 11.6 Å². The summed E-state index contributed by atoms with van der Waals surface area (Å²) < 4.78 is 0. The van der Waals surface area contributed by atoms with Crippen LogP contribution in [0.4, 0.5) is 0 Å². The minimum absolute atomic E-state index is 0.353. The van der Waals surface area contributed by atoms with Gasteiger partial charge in [0, 0.05) is 18.3 Å². The number of H-pyrrole nitrogens is 1. The molecule has 3 heteroatoms. The van der Waals surface area contributed by atoms with Gasteiger partial charge in [-0.3, -0.25) is 5.10 Å². The normalized spacial score (nSPS) is 15.8. The molecule has 1 aromatic heterocycles. The molecule has 0 aliphatic rings. The Morgan fingerprint density at radius 3 is 2.57 bits per heavy atom. The van der Waals surface area contributed by atoms with Crippen molar-refractivity contribution in [3.8, 4) is 0 Å². The zero-order chi connectivity index (χ0) is 10.6. The fourth-order valence-electron chi connectivity index (χ4n) is 1.80. The van der Waals surface area contributed by atoms with E-state index in [-0.39, 0.29) is 0 Å². The highest BCUT2D eigenvalue weighted by Crippen LogP contribution is 2.11. The summed E-state index contributed by atoms with van der Waals surface area (Å²) in [6.07, 6.45) is 3.00. The zero-order valence-corrected chi connectivity index (χ0v) is 9.54. The molecule has 3 nitrogen and oxygen atoms in total. The number of nitrogens with one attached hydrogen (secondary N) is 2. The van der Waals surface area contributed by atoms with Gasteiger partial charge in [0.25, 0.3) is 0 Å². The van der Waals surface area contributed by atoms with Crippen molar-refractivity contribution in [2.75, 3.05) is 0 Å². The fourth-order valence-corrected chi connectivity index (χ4v) is 1.80. The van der Waals surface area contributed by atoms with E-state index in [2.05, 4.69) is 43.2 Å². The van der Waals surface area contributed by atoms with E-state index < -0.39 is 0 Å². The first-order chi connectivity index (χ1) is 6.59. The molecule has 0 radical (unpaired) electrons. The number of nitrogens with zero attached hydrogens (tertiary/aromatic N) is 1. The van der Waals surface area contributed by atoms with E-state index in [1.54, 1.807) is 6.20 Å². The van der Waals surface area contributed by atoms with Crippen molar-refractivity contribution in [2.45, 2.75) is 46.2 Å². The monoisotopic (exact) mass is 195 g/mol. The van der Waals surface area contributed by atoms with Gasteiger partial charge in [0.2, 0.25) is 0 Å². The Hall–Kier alpha value is -0.830. The van der Waals surface area contributed by atoms with Crippen LogP contribution in [0.25, 0.3) is 0 Å². The summed E-state index contributed by atoms with van der Waals surface area (Å²) in [6.45, 7) is 8.88. The molecule has 0 amide bonds. The molecule has 0 spiro atoms. The minimum Gasteiger partial charge on any atom is -0.306 e. The van der Waals surface area contributed by atoms with Crippen molar-refractivity contribution in [3.05, 3.63) is 18.0 Å². The molecule has 0 saturated carbocycles. The van der Waals surface area contributed by atoms with Gasteiger partial charge in [0.1, 0.15) is 0 Å². The van der Waals surface area contributed by atoms with Crippen LogP contribution in [0, 0.1) is 5.92 Å². The third kappa shape index (κ3) is 3.50. The minimum atomic E-state index is 0.353. The second kappa shape index (κ2) is 5.15. The molecule has 0 saturated heterocycles. The molecule has 2 N–H and O–H groups in total.